The summed E-state index contributed by atoms with van der Waals surface area (Å²) >= 11 is 7.30. The van der Waals surface area contributed by atoms with Gasteiger partial charge in [0, 0.05) is 48.1 Å². The van der Waals surface area contributed by atoms with Crippen LogP contribution in [0.15, 0.2) is 29.6 Å². The molecular weight excluding hydrogens is 452 g/mol. The molecule has 1 aromatic heterocycles. The van der Waals surface area contributed by atoms with E-state index in [-0.39, 0.29) is 18.0 Å². The van der Waals surface area contributed by atoms with Gasteiger partial charge in [0.15, 0.2) is 5.79 Å². The van der Waals surface area contributed by atoms with Crippen molar-refractivity contribution >= 4 is 40.6 Å². The monoisotopic (exact) mass is 478 g/mol. The molecule has 2 aliphatic rings. The summed E-state index contributed by atoms with van der Waals surface area (Å²) in [5.41, 5.74) is 1.08. The summed E-state index contributed by atoms with van der Waals surface area (Å²) in [6, 6.07) is 6.68. The third-order valence-corrected chi connectivity index (χ3v) is 6.77. The number of thiazole rings is 1. The Kier molecular flexibility index (Phi) is 6.99. The lowest BCUT2D eigenvalue weighted by atomic mass is 10.0. The third kappa shape index (κ3) is 5.23. The van der Waals surface area contributed by atoms with Crippen LogP contribution >= 0.6 is 22.9 Å². The third-order valence-electron chi connectivity index (χ3n) is 5.68. The molecule has 0 unspecified atom stereocenters. The van der Waals surface area contributed by atoms with Crippen molar-refractivity contribution in [3.8, 4) is 0 Å². The van der Waals surface area contributed by atoms with E-state index in [4.69, 9.17) is 21.1 Å². The van der Waals surface area contributed by atoms with Crippen molar-refractivity contribution in [1.29, 1.82) is 0 Å². The number of hydrogen-bond acceptors (Lipinski definition) is 6. The van der Waals surface area contributed by atoms with Crippen molar-refractivity contribution in [2.75, 3.05) is 31.6 Å². The molecule has 2 fully saturated rings. The molecule has 0 saturated carbocycles. The van der Waals surface area contributed by atoms with E-state index in [1.54, 1.807) is 39.4 Å². The highest BCUT2D eigenvalue weighted by Gasteiger charge is 2.41. The molecule has 0 radical (unpaired) electrons. The lowest BCUT2D eigenvalue weighted by Crippen LogP contribution is -2.47. The number of carbonyl (C=O) groups is 2. The Hall–Kier alpha value is -2.20. The van der Waals surface area contributed by atoms with Gasteiger partial charge in [0.05, 0.1) is 19.8 Å². The molecular formula is C22H27ClN4O4S. The normalized spacial score (nSPS) is 17.7. The molecule has 1 N–H and O–H groups in total. The van der Waals surface area contributed by atoms with Gasteiger partial charge in [-0.3, -0.25) is 4.79 Å². The number of anilines is 1. The lowest BCUT2D eigenvalue weighted by Gasteiger charge is -2.37. The predicted octanol–water partition coefficient (Wildman–Crippen LogP) is 4.22. The summed E-state index contributed by atoms with van der Waals surface area (Å²) < 4.78 is 11.5. The fraction of sp³-hybridized carbons (Fsp3) is 0.500. The van der Waals surface area contributed by atoms with Crippen LogP contribution < -0.4 is 5.32 Å². The summed E-state index contributed by atoms with van der Waals surface area (Å²) in [6.45, 7) is 6.58. The van der Waals surface area contributed by atoms with Crippen LogP contribution in [0.2, 0.25) is 5.02 Å². The van der Waals surface area contributed by atoms with Crippen LogP contribution in [0.4, 0.5) is 10.5 Å². The number of nitrogens with zero attached hydrogens (tertiary/aromatic N) is 3. The van der Waals surface area contributed by atoms with E-state index in [0.29, 0.717) is 67.1 Å². The standard InChI is InChI=1S/C22H27ClN4O4S/c1-15(2)27(21(29)24-17-5-3-16(23)4-6-17)13-19-25-18(14-32-19)20(28)26-9-7-22(8-10-26)30-11-12-31-22/h3-6,14-15H,7-13H2,1-2H3,(H,24,29). The van der Waals surface area contributed by atoms with Crippen LogP contribution in [0.25, 0.3) is 0 Å². The molecule has 0 aliphatic carbocycles. The van der Waals surface area contributed by atoms with Gasteiger partial charge in [-0.1, -0.05) is 11.6 Å². The molecule has 1 aromatic carbocycles. The summed E-state index contributed by atoms with van der Waals surface area (Å²) in [6.07, 6.45) is 1.34. The average Bonchev–Trinajstić information content (AvgIpc) is 3.43. The lowest BCUT2D eigenvalue weighted by molar-refractivity contribution is -0.181. The summed E-state index contributed by atoms with van der Waals surface area (Å²) in [5, 5.41) is 5.97. The Morgan fingerprint density at radius 2 is 1.88 bits per heavy atom. The van der Waals surface area contributed by atoms with Crippen molar-refractivity contribution in [2.24, 2.45) is 0 Å². The van der Waals surface area contributed by atoms with Gasteiger partial charge in [-0.15, -0.1) is 11.3 Å². The van der Waals surface area contributed by atoms with Gasteiger partial charge in [0.1, 0.15) is 10.7 Å². The number of hydrogen-bond donors (Lipinski definition) is 1. The summed E-state index contributed by atoms with van der Waals surface area (Å²) in [4.78, 5) is 33.7. The maximum atomic E-state index is 12.9. The van der Waals surface area contributed by atoms with Crippen LogP contribution in [0.5, 0.6) is 0 Å². The number of halogens is 1. The molecule has 1 spiro atoms. The topological polar surface area (TPSA) is 84.0 Å². The quantitative estimate of drug-likeness (QED) is 0.695. The number of rotatable bonds is 5. The van der Waals surface area contributed by atoms with E-state index >= 15 is 0 Å². The molecule has 2 aliphatic heterocycles. The Morgan fingerprint density at radius 1 is 1.22 bits per heavy atom. The van der Waals surface area contributed by atoms with Gasteiger partial charge in [0.2, 0.25) is 0 Å². The highest BCUT2D eigenvalue weighted by atomic mass is 35.5. The first-order chi connectivity index (χ1) is 15.3. The second kappa shape index (κ2) is 9.74. The van der Waals surface area contributed by atoms with Crippen LogP contribution in [0.3, 0.4) is 0 Å². The molecule has 3 amide bonds. The van der Waals surface area contributed by atoms with Crippen LogP contribution in [-0.2, 0) is 16.0 Å². The number of benzene rings is 1. The smallest absolute Gasteiger partial charge is 0.322 e. The first-order valence-corrected chi connectivity index (χ1v) is 12.0. The largest absolute Gasteiger partial charge is 0.347 e. The van der Waals surface area contributed by atoms with Gasteiger partial charge in [-0.05, 0) is 38.1 Å². The SMILES string of the molecule is CC(C)N(Cc1nc(C(=O)N2CCC3(CC2)OCCO3)cs1)C(=O)Nc1ccc(Cl)cc1. The Balaban J connectivity index is 1.36. The number of carbonyl (C=O) groups excluding carboxylic acids is 2. The average molecular weight is 479 g/mol. The molecule has 0 bridgehead atoms. The number of ether oxygens (including phenoxy) is 2. The zero-order valence-corrected chi connectivity index (χ0v) is 19.7. The number of urea groups is 1. The Bertz CT molecular complexity index is 949. The van der Waals surface area contributed by atoms with Gasteiger partial charge >= 0.3 is 6.03 Å². The van der Waals surface area contributed by atoms with Crippen molar-refractivity contribution in [1.82, 2.24) is 14.8 Å². The molecule has 8 nitrogen and oxygen atoms in total. The fourth-order valence-electron chi connectivity index (χ4n) is 3.84. The van der Waals surface area contributed by atoms with Gasteiger partial charge in [-0.25, -0.2) is 9.78 Å². The van der Waals surface area contributed by atoms with Crippen LogP contribution in [0.1, 0.15) is 42.2 Å². The number of nitrogens with one attached hydrogen (secondary N) is 1. The minimum atomic E-state index is -0.515. The molecule has 0 atom stereocenters. The Labute approximate surface area is 196 Å². The second-order valence-electron chi connectivity index (χ2n) is 8.18. The first-order valence-electron chi connectivity index (χ1n) is 10.7. The molecule has 10 heteroatoms. The summed E-state index contributed by atoms with van der Waals surface area (Å²) in [5.74, 6) is -0.610. The molecule has 32 heavy (non-hydrogen) atoms. The highest BCUT2D eigenvalue weighted by Crippen LogP contribution is 2.32. The van der Waals surface area contributed by atoms with Crippen LogP contribution in [-0.4, -0.2) is 64.9 Å². The predicted molar refractivity (Wildman–Crippen MR) is 123 cm³/mol. The minimum Gasteiger partial charge on any atom is -0.347 e. The first kappa shape index (κ1) is 23.0. The maximum absolute atomic E-state index is 12.9. The van der Waals surface area contributed by atoms with E-state index in [0.717, 1.165) is 0 Å². The number of piperidine rings is 1. The molecule has 172 valence electrons. The molecule has 2 aromatic rings. The molecule has 4 rings (SSSR count). The Morgan fingerprint density at radius 3 is 2.50 bits per heavy atom. The van der Waals surface area contributed by atoms with E-state index in [1.165, 1.54) is 11.3 Å². The number of aromatic nitrogens is 1. The summed E-state index contributed by atoms with van der Waals surface area (Å²) in [7, 11) is 0. The zero-order valence-electron chi connectivity index (χ0n) is 18.2. The van der Waals surface area contributed by atoms with E-state index in [1.807, 2.05) is 13.8 Å². The van der Waals surface area contributed by atoms with E-state index in [9.17, 15) is 9.59 Å². The van der Waals surface area contributed by atoms with Gasteiger partial charge < -0.3 is 24.6 Å². The number of amides is 3. The number of likely N-dealkylation sites (tertiary alicyclic amines) is 1. The van der Waals surface area contributed by atoms with Gasteiger partial charge in [0.25, 0.3) is 5.91 Å². The van der Waals surface area contributed by atoms with Crippen molar-refractivity contribution in [2.45, 2.75) is 45.1 Å². The van der Waals surface area contributed by atoms with E-state index in [2.05, 4.69) is 10.3 Å². The maximum Gasteiger partial charge on any atom is 0.322 e. The van der Waals surface area contributed by atoms with Crippen molar-refractivity contribution in [3.63, 3.8) is 0 Å². The fourth-order valence-corrected chi connectivity index (χ4v) is 4.73. The minimum absolute atomic E-state index is 0.0463. The van der Waals surface area contributed by atoms with Crippen molar-refractivity contribution < 1.29 is 19.1 Å². The van der Waals surface area contributed by atoms with Crippen LogP contribution in [0, 0.1) is 0 Å². The molecule has 3 heterocycles. The highest BCUT2D eigenvalue weighted by molar-refractivity contribution is 7.09. The second-order valence-corrected chi connectivity index (χ2v) is 9.56. The van der Waals surface area contributed by atoms with E-state index < -0.39 is 5.79 Å². The molecule has 2 saturated heterocycles. The zero-order chi connectivity index (χ0) is 22.7. The van der Waals surface area contributed by atoms with Gasteiger partial charge in [-0.2, -0.15) is 0 Å². The van der Waals surface area contributed by atoms with Crippen molar-refractivity contribution in [3.05, 3.63) is 45.4 Å².